The average Bonchev–Trinajstić information content (AvgIpc) is 3.22. The number of nitrogens with zero attached hydrogens (tertiary/aromatic N) is 2. The molecule has 0 radical (unpaired) electrons. The van der Waals surface area contributed by atoms with E-state index in [1.165, 1.54) is 0 Å². The molecular formula is C23H19ClN2O4S. The van der Waals surface area contributed by atoms with Crippen molar-refractivity contribution in [2.75, 3.05) is 13.2 Å². The van der Waals surface area contributed by atoms with Crippen molar-refractivity contribution in [3.63, 3.8) is 0 Å². The number of halogens is 1. The van der Waals surface area contributed by atoms with Crippen molar-refractivity contribution in [1.29, 1.82) is 0 Å². The first-order valence-corrected chi connectivity index (χ1v) is 10.9. The van der Waals surface area contributed by atoms with E-state index in [1.54, 1.807) is 13.0 Å². The van der Waals surface area contributed by atoms with Crippen LogP contribution in [0.15, 0.2) is 59.6 Å². The van der Waals surface area contributed by atoms with Crippen molar-refractivity contribution in [3.8, 4) is 0 Å². The van der Waals surface area contributed by atoms with Crippen molar-refractivity contribution < 1.29 is 19.1 Å². The van der Waals surface area contributed by atoms with Gasteiger partial charge in [-0.05, 0) is 48.5 Å². The third-order valence-electron chi connectivity index (χ3n) is 4.84. The quantitative estimate of drug-likeness (QED) is 0.389. The third-order valence-corrected chi connectivity index (χ3v) is 6.00. The number of hydrogen-bond donors (Lipinski definition) is 0. The van der Waals surface area contributed by atoms with Crippen LogP contribution in [-0.4, -0.2) is 39.7 Å². The second-order valence-electron chi connectivity index (χ2n) is 6.93. The molecule has 8 heteroatoms. The maximum Gasteiger partial charge on any atom is 0.326 e. The fourth-order valence-corrected chi connectivity index (χ4v) is 4.38. The van der Waals surface area contributed by atoms with Gasteiger partial charge in [0.2, 0.25) is 0 Å². The van der Waals surface area contributed by atoms with Crippen LogP contribution in [0.1, 0.15) is 18.1 Å². The largest absolute Gasteiger partial charge is 0.465 e. The van der Waals surface area contributed by atoms with E-state index in [4.69, 9.17) is 16.3 Å². The number of hydrogen-bond acceptors (Lipinski definition) is 5. The number of fused-ring (bicyclic) bond motifs is 1. The maximum atomic E-state index is 12.7. The molecule has 0 aliphatic carbocycles. The average molecular weight is 455 g/mol. The van der Waals surface area contributed by atoms with Crippen molar-refractivity contribution >= 4 is 57.5 Å². The van der Waals surface area contributed by atoms with Crippen LogP contribution in [0.2, 0.25) is 5.02 Å². The predicted octanol–water partition coefficient (Wildman–Crippen LogP) is 4.94. The Morgan fingerprint density at radius 1 is 1.13 bits per heavy atom. The molecule has 1 aromatic heterocycles. The number of para-hydroxylation sites is 1. The lowest BCUT2D eigenvalue weighted by Gasteiger charge is -2.10. The van der Waals surface area contributed by atoms with Gasteiger partial charge in [-0.1, -0.05) is 41.9 Å². The van der Waals surface area contributed by atoms with Gasteiger partial charge in [0.15, 0.2) is 0 Å². The Kier molecular flexibility index (Phi) is 6.15. The van der Waals surface area contributed by atoms with E-state index in [0.29, 0.717) is 11.6 Å². The van der Waals surface area contributed by atoms with Gasteiger partial charge in [-0.2, -0.15) is 0 Å². The minimum Gasteiger partial charge on any atom is -0.465 e. The van der Waals surface area contributed by atoms with Crippen molar-refractivity contribution in [1.82, 2.24) is 9.47 Å². The Balaban J connectivity index is 1.65. The number of carbonyl (C=O) groups excluding carboxylic acids is 3. The van der Waals surface area contributed by atoms with Gasteiger partial charge in [-0.15, -0.1) is 0 Å². The first-order valence-electron chi connectivity index (χ1n) is 9.69. The summed E-state index contributed by atoms with van der Waals surface area (Å²) in [6, 6.07) is 15.5. The van der Waals surface area contributed by atoms with E-state index in [-0.39, 0.29) is 18.1 Å². The van der Waals surface area contributed by atoms with Crippen LogP contribution in [0.5, 0.6) is 0 Å². The second-order valence-corrected chi connectivity index (χ2v) is 8.36. The minimum absolute atomic E-state index is 0.192. The summed E-state index contributed by atoms with van der Waals surface area (Å²) in [5.74, 6) is -1.09. The molecule has 1 saturated heterocycles. The molecule has 0 N–H and O–H groups in total. The molecule has 3 aromatic rings. The van der Waals surface area contributed by atoms with E-state index in [1.807, 2.05) is 54.7 Å². The van der Waals surface area contributed by atoms with Gasteiger partial charge in [0.1, 0.15) is 6.54 Å². The van der Waals surface area contributed by atoms with Crippen molar-refractivity contribution in [2.45, 2.75) is 13.5 Å². The van der Waals surface area contributed by atoms with Gasteiger partial charge in [-0.25, -0.2) is 0 Å². The number of carbonyl (C=O) groups is 3. The molecule has 2 heterocycles. The SMILES string of the molecule is CCOC(=O)CN1C(=O)S/C(=C\c2cn(Cc3ccc(Cl)cc3)c3ccccc23)C1=O. The Morgan fingerprint density at radius 3 is 2.61 bits per heavy atom. The van der Waals surface area contributed by atoms with E-state index in [0.717, 1.165) is 38.7 Å². The first kappa shape index (κ1) is 21.2. The van der Waals surface area contributed by atoms with Gasteiger partial charge in [0.05, 0.1) is 11.5 Å². The lowest BCUT2D eigenvalue weighted by atomic mass is 10.1. The number of aromatic nitrogens is 1. The molecule has 4 rings (SSSR count). The van der Waals surface area contributed by atoms with E-state index < -0.39 is 17.1 Å². The molecule has 0 bridgehead atoms. The zero-order chi connectivity index (χ0) is 22.0. The molecule has 0 saturated carbocycles. The van der Waals surface area contributed by atoms with Gasteiger partial charge < -0.3 is 9.30 Å². The van der Waals surface area contributed by atoms with E-state index in [2.05, 4.69) is 4.57 Å². The Morgan fingerprint density at radius 2 is 1.87 bits per heavy atom. The Hall–Kier alpha value is -3.03. The van der Waals surface area contributed by atoms with E-state index in [9.17, 15) is 14.4 Å². The summed E-state index contributed by atoms with van der Waals surface area (Å²) in [4.78, 5) is 37.9. The minimum atomic E-state index is -0.606. The monoisotopic (exact) mass is 454 g/mol. The topological polar surface area (TPSA) is 68.6 Å². The first-order chi connectivity index (χ1) is 15.0. The van der Waals surface area contributed by atoms with E-state index >= 15 is 0 Å². The third kappa shape index (κ3) is 4.52. The highest BCUT2D eigenvalue weighted by Crippen LogP contribution is 2.34. The summed E-state index contributed by atoms with van der Waals surface area (Å²) in [6.07, 6.45) is 3.66. The summed E-state index contributed by atoms with van der Waals surface area (Å²) in [5, 5.41) is 1.17. The second kappa shape index (κ2) is 8.99. The molecule has 1 fully saturated rings. The van der Waals surface area contributed by atoms with Gasteiger partial charge in [0.25, 0.3) is 11.1 Å². The lowest BCUT2D eigenvalue weighted by molar-refractivity contribution is -0.145. The van der Waals surface area contributed by atoms with Crippen LogP contribution in [0.4, 0.5) is 4.79 Å². The molecule has 6 nitrogen and oxygen atoms in total. The lowest BCUT2D eigenvalue weighted by Crippen LogP contribution is -2.34. The van der Waals surface area contributed by atoms with Gasteiger partial charge in [0, 0.05) is 34.2 Å². The molecule has 1 aliphatic heterocycles. The molecule has 0 atom stereocenters. The normalized spacial score (nSPS) is 15.3. The fourth-order valence-electron chi connectivity index (χ4n) is 3.42. The summed E-state index contributed by atoms with van der Waals surface area (Å²) in [5.41, 5.74) is 2.92. The summed E-state index contributed by atoms with van der Waals surface area (Å²) < 4.78 is 6.94. The van der Waals surface area contributed by atoms with Gasteiger partial charge in [-0.3, -0.25) is 19.3 Å². The predicted molar refractivity (Wildman–Crippen MR) is 122 cm³/mol. The number of benzene rings is 2. The molecule has 2 aromatic carbocycles. The number of ether oxygens (including phenoxy) is 1. The van der Waals surface area contributed by atoms with Crippen LogP contribution >= 0.6 is 23.4 Å². The number of esters is 1. The summed E-state index contributed by atoms with van der Waals surface area (Å²) >= 11 is 6.81. The Bertz CT molecular complexity index is 1200. The highest BCUT2D eigenvalue weighted by Gasteiger charge is 2.36. The highest BCUT2D eigenvalue weighted by molar-refractivity contribution is 8.18. The number of thioether (sulfide) groups is 1. The molecule has 31 heavy (non-hydrogen) atoms. The van der Waals surface area contributed by atoms with Crippen LogP contribution in [0, 0.1) is 0 Å². The zero-order valence-corrected chi connectivity index (χ0v) is 18.3. The van der Waals surface area contributed by atoms with Crippen LogP contribution in [0.25, 0.3) is 17.0 Å². The molecule has 158 valence electrons. The van der Waals surface area contributed by atoms with Crippen LogP contribution in [0.3, 0.4) is 0 Å². The number of amides is 2. The molecule has 2 amide bonds. The summed E-state index contributed by atoms with van der Waals surface area (Å²) in [6.45, 7) is 2.12. The summed E-state index contributed by atoms with van der Waals surface area (Å²) in [7, 11) is 0. The Labute approximate surface area is 188 Å². The smallest absolute Gasteiger partial charge is 0.326 e. The fraction of sp³-hybridized carbons (Fsp3) is 0.174. The zero-order valence-electron chi connectivity index (χ0n) is 16.7. The number of rotatable bonds is 6. The van der Waals surface area contributed by atoms with Crippen molar-refractivity contribution in [3.05, 3.63) is 75.8 Å². The molecule has 1 aliphatic rings. The standard InChI is InChI=1S/C23H19ClN2O4S/c1-2-30-21(27)14-26-22(28)20(31-23(26)29)11-16-13-25(19-6-4-3-5-18(16)19)12-15-7-9-17(24)10-8-15/h3-11,13H,2,12,14H2,1H3/b20-11-. The van der Waals surface area contributed by atoms with Crippen LogP contribution in [-0.2, 0) is 20.9 Å². The number of imide groups is 1. The van der Waals surface area contributed by atoms with Crippen molar-refractivity contribution in [2.24, 2.45) is 0 Å². The molecule has 0 spiro atoms. The maximum absolute atomic E-state index is 12.7. The highest BCUT2D eigenvalue weighted by atomic mass is 35.5. The van der Waals surface area contributed by atoms with Gasteiger partial charge >= 0.3 is 5.97 Å². The molecular weight excluding hydrogens is 436 g/mol. The molecule has 0 unspecified atom stereocenters. The van der Waals surface area contributed by atoms with Crippen LogP contribution < -0.4 is 0 Å².